The number of nitrogens with zero attached hydrogens (tertiary/aromatic N) is 5. The van der Waals surface area contributed by atoms with Gasteiger partial charge in [0.1, 0.15) is 0 Å². The average molecular weight is 543 g/mol. The van der Waals surface area contributed by atoms with Crippen LogP contribution in [0.2, 0.25) is 0 Å². The lowest BCUT2D eigenvalue weighted by molar-refractivity contribution is 0.123. The average Bonchev–Trinajstić information content (AvgIpc) is 3.62. The number of likely N-dealkylation sites (tertiary alicyclic amines) is 2. The van der Waals surface area contributed by atoms with Crippen molar-refractivity contribution in [1.82, 2.24) is 19.4 Å². The van der Waals surface area contributed by atoms with E-state index < -0.39 is 5.41 Å². The number of halogens is 1. The number of benzene rings is 1. The summed E-state index contributed by atoms with van der Waals surface area (Å²) in [7, 11) is 0. The number of hydrogen-bond donors (Lipinski definition) is 1. The Kier molecular flexibility index (Phi) is 8.78. The van der Waals surface area contributed by atoms with E-state index in [-0.39, 0.29) is 0 Å². The van der Waals surface area contributed by atoms with Crippen LogP contribution in [0.4, 0.5) is 5.69 Å². The zero-order valence-electron chi connectivity index (χ0n) is 23.2. The standard InChI is InChI=1S/C32H39ClN6/c1-32(2,24-34)31-11-10-26(22-36-31)35-15-6-8-28-21-29-25(7-5-9-30(29)39(28)20-14-33)23-37-18-12-27(13-19-37)38-16-3-4-17-38/h5,7,9-11,21-22,27,35H,3-4,12-20,23H2,1-2H3. The van der Waals surface area contributed by atoms with Crippen LogP contribution in [-0.2, 0) is 18.5 Å². The molecule has 2 aliphatic rings. The van der Waals surface area contributed by atoms with Crippen LogP contribution in [0.15, 0.2) is 42.6 Å². The zero-order valence-corrected chi connectivity index (χ0v) is 24.0. The molecule has 0 aliphatic carbocycles. The van der Waals surface area contributed by atoms with Gasteiger partial charge in [0.2, 0.25) is 0 Å². The minimum Gasteiger partial charge on any atom is -0.373 e. The van der Waals surface area contributed by atoms with Crippen molar-refractivity contribution in [3.05, 3.63) is 59.5 Å². The fraction of sp³-hybridized carbons (Fsp3) is 0.500. The van der Waals surface area contributed by atoms with Gasteiger partial charge in [0.05, 0.1) is 41.3 Å². The van der Waals surface area contributed by atoms with Crippen LogP contribution in [0.25, 0.3) is 10.9 Å². The number of hydrogen-bond acceptors (Lipinski definition) is 5. The second kappa shape index (κ2) is 12.4. The molecule has 0 saturated carbocycles. The monoisotopic (exact) mass is 542 g/mol. The minimum atomic E-state index is -0.600. The number of nitrogens with one attached hydrogen (secondary N) is 1. The zero-order chi connectivity index (χ0) is 27.2. The molecular formula is C32H39ClN6. The number of alkyl halides is 1. The normalized spacial score (nSPS) is 17.2. The highest BCUT2D eigenvalue weighted by molar-refractivity contribution is 6.17. The van der Waals surface area contributed by atoms with Gasteiger partial charge in [-0.1, -0.05) is 18.1 Å². The van der Waals surface area contributed by atoms with E-state index >= 15 is 0 Å². The van der Waals surface area contributed by atoms with Crippen molar-refractivity contribution in [1.29, 1.82) is 5.26 Å². The van der Waals surface area contributed by atoms with Crippen molar-refractivity contribution in [3.63, 3.8) is 0 Å². The molecule has 3 aromatic rings. The topological polar surface area (TPSA) is 60.1 Å². The van der Waals surface area contributed by atoms with Crippen molar-refractivity contribution in [2.75, 3.05) is 43.9 Å². The molecule has 0 radical (unpaired) electrons. The van der Waals surface area contributed by atoms with Crippen LogP contribution in [0.5, 0.6) is 0 Å². The van der Waals surface area contributed by atoms with Crippen LogP contribution < -0.4 is 5.32 Å². The lowest BCUT2D eigenvalue weighted by atomic mass is 9.91. The van der Waals surface area contributed by atoms with Gasteiger partial charge >= 0.3 is 0 Å². The molecule has 0 bridgehead atoms. The highest BCUT2D eigenvalue weighted by atomic mass is 35.5. The van der Waals surface area contributed by atoms with Gasteiger partial charge < -0.3 is 14.8 Å². The third kappa shape index (κ3) is 6.42. The van der Waals surface area contributed by atoms with Gasteiger partial charge in [-0.2, -0.15) is 5.26 Å². The Morgan fingerprint density at radius 2 is 1.90 bits per heavy atom. The molecule has 0 atom stereocenters. The number of pyridine rings is 1. The summed E-state index contributed by atoms with van der Waals surface area (Å²) in [6.07, 6.45) is 7.06. The largest absolute Gasteiger partial charge is 0.373 e. The van der Waals surface area contributed by atoms with E-state index in [1.165, 1.54) is 68.3 Å². The summed E-state index contributed by atoms with van der Waals surface area (Å²) in [5, 5.41) is 13.9. The minimum absolute atomic E-state index is 0.504. The lowest BCUT2D eigenvalue weighted by Crippen LogP contribution is -2.43. The van der Waals surface area contributed by atoms with E-state index in [1.807, 2.05) is 26.0 Å². The fourth-order valence-electron chi connectivity index (χ4n) is 5.91. The Morgan fingerprint density at radius 1 is 1.10 bits per heavy atom. The predicted octanol–water partition coefficient (Wildman–Crippen LogP) is 5.60. The number of rotatable bonds is 8. The maximum Gasteiger partial charge on any atom is 0.0937 e. The summed E-state index contributed by atoms with van der Waals surface area (Å²) in [5.41, 5.74) is 4.62. The highest BCUT2D eigenvalue weighted by Gasteiger charge is 2.26. The maximum absolute atomic E-state index is 9.32. The first-order valence-electron chi connectivity index (χ1n) is 14.2. The van der Waals surface area contributed by atoms with Crippen LogP contribution in [0.1, 0.15) is 56.5 Å². The third-order valence-electron chi connectivity index (χ3n) is 8.23. The van der Waals surface area contributed by atoms with E-state index in [4.69, 9.17) is 11.6 Å². The van der Waals surface area contributed by atoms with Gasteiger partial charge in [-0.15, -0.1) is 11.6 Å². The number of aryl methyl sites for hydroxylation is 1. The first kappa shape index (κ1) is 27.5. The van der Waals surface area contributed by atoms with Crippen LogP contribution in [0, 0.1) is 23.2 Å². The molecule has 2 fully saturated rings. The van der Waals surface area contributed by atoms with Crippen molar-refractivity contribution < 1.29 is 0 Å². The van der Waals surface area contributed by atoms with Gasteiger partial charge in [-0.3, -0.25) is 9.88 Å². The van der Waals surface area contributed by atoms with Crippen LogP contribution in [0.3, 0.4) is 0 Å². The summed E-state index contributed by atoms with van der Waals surface area (Å²) >= 11 is 6.20. The molecule has 1 N–H and O–H groups in total. The van der Waals surface area contributed by atoms with E-state index in [2.05, 4.69) is 66.8 Å². The summed E-state index contributed by atoms with van der Waals surface area (Å²) in [5.74, 6) is 7.20. The molecule has 6 nitrogen and oxygen atoms in total. The van der Waals surface area contributed by atoms with Crippen LogP contribution in [-0.4, -0.2) is 64.0 Å². The molecule has 204 valence electrons. The number of nitriles is 1. The second-order valence-electron chi connectivity index (χ2n) is 11.3. The van der Waals surface area contributed by atoms with E-state index in [0.717, 1.165) is 36.2 Å². The summed E-state index contributed by atoms with van der Waals surface area (Å²) in [6, 6.07) is 15.8. The van der Waals surface area contributed by atoms with Crippen molar-refractivity contribution in [2.45, 2.75) is 64.1 Å². The van der Waals surface area contributed by atoms with E-state index in [1.54, 1.807) is 6.20 Å². The summed E-state index contributed by atoms with van der Waals surface area (Å²) < 4.78 is 2.25. The first-order chi connectivity index (χ1) is 19.0. The van der Waals surface area contributed by atoms with Gasteiger partial charge in [0, 0.05) is 35.9 Å². The van der Waals surface area contributed by atoms with Gasteiger partial charge in [-0.25, -0.2) is 0 Å². The maximum atomic E-state index is 9.32. The Labute approximate surface area is 237 Å². The highest BCUT2D eigenvalue weighted by Crippen LogP contribution is 2.27. The second-order valence-corrected chi connectivity index (χ2v) is 11.7. The fourth-order valence-corrected chi connectivity index (χ4v) is 6.08. The summed E-state index contributed by atoms with van der Waals surface area (Å²) in [6.45, 7) is 10.9. The molecule has 2 aromatic heterocycles. The quantitative estimate of drug-likeness (QED) is 0.296. The first-order valence-corrected chi connectivity index (χ1v) is 14.8. The van der Waals surface area contributed by atoms with Crippen molar-refractivity contribution >= 4 is 28.2 Å². The molecule has 0 spiro atoms. The van der Waals surface area contributed by atoms with Crippen molar-refractivity contribution in [2.24, 2.45) is 0 Å². The van der Waals surface area contributed by atoms with E-state index in [9.17, 15) is 5.26 Å². The smallest absolute Gasteiger partial charge is 0.0937 e. The Balaban J connectivity index is 1.26. The lowest BCUT2D eigenvalue weighted by Gasteiger charge is -2.36. The number of anilines is 1. The molecule has 4 heterocycles. The van der Waals surface area contributed by atoms with Gasteiger partial charge in [-0.05, 0) is 101 Å². The molecule has 5 rings (SSSR count). The Bertz CT molecular complexity index is 1360. The van der Waals surface area contributed by atoms with E-state index in [0.29, 0.717) is 12.4 Å². The molecule has 2 saturated heterocycles. The SMILES string of the molecule is CC(C)(C#N)c1ccc(NCC#Cc2cc3c(CN4CCC(N5CCCC5)CC4)cccc3n2CCCl)cn1. The van der Waals surface area contributed by atoms with Gasteiger partial charge in [0.15, 0.2) is 0 Å². The predicted molar refractivity (Wildman–Crippen MR) is 160 cm³/mol. The molecule has 39 heavy (non-hydrogen) atoms. The van der Waals surface area contributed by atoms with Crippen molar-refractivity contribution in [3.8, 4) is 17.9 Å². The Hall–Kier alpha value is -3.03. The number of aromatic nitrogens is 2. The molecule has 0 unspecified atom stereocenters. The molecule has 1 aromatic carbocycles. The Morgan fingerprint density at radius 3 is 2.59 bits per heavy atom. The molecule has 2 aliphatic heterocycles. The molecular weight excluding hydrogens is 504 g/mol. The van der Waals surface area contributed by atoms with Gasteiger partial charge in [0.25, 0.3) is 0 Å². The molecule has 0 amide bonds. The number of fused-ring (bicyclic) bond motifs is 1. The third-order valence-corrected chi connectivity index (χ3v) is 8.40. The number of piperidine rings is 1. The summed E-state index contributed by atoms with van der Waals surface area (Å²) in [4.78, 5) is 9.78. The van der Waals surface area contributed by atoms with Crippen LogP contribution >= 0.6 is 11.6 Å². The molecule has 7 heteroatoms.